The maximum Gasteiger partial charge on any atom is 0.238 e. The van der Waals surface area contributed by atoms with Gasteiger partial charge in [-0.2, -0.15) is 0 Å². The Morgan fingerprint density at radius 1 is 1.69 bits per heavy atom. The van der Waals surface area contributed by atoms with Crippen molar-refractivity contribution < 1.29 is 4.79 Å². The van der Waals surface area contributed by atoms with Gasteiger partial charge in [0.15, 0.2) is 5.15 Å². The number of aromatic nitrogens is 1. The molecule has 0 bridgehead atoms. The lowest BCUT2D eigenvalue weighted by Crippen LogP contribution is -2.28. The van der Waals surface area contributed by atoms with E-state index < -0.39 is 0 Å². The minimum absolute atomic E-state index is 0.0973. The van der Waals surface area contributed by atoms with E-state index in [2.05, 4.69) is 15.8 Å². The topological polar surface area (TPSA) is 54.0 Å². The number of carbonyl (C=O) groups is 1. The molecule has 70 valence electrons. The van der Waals surface area contributed by atoms with Crippen LogP contribution in [0.1, 0.15) is 13.3 Å². The summed E-state index contributed by atoms with van der Waals surface area (Å²) in [5.74, 6) is -0.0973. The van der Waals surface area contributed by atoms with Crippen LogP contribution < -0.4 is 10.9 Å². The Labute approximate surface area is 81.3 Å². The zero-order valence-electron chi connectivity index (χ0n) is 7.17. The van der Waals surface area contributed by atoms with E-state index in [1.807, 2.05) is 0 Å². The molecular weight excluding hydrogens is 190 g/mol. The number of nitrogens with zero attached hydrogens (tertiary/aromatic N) is 1. The van der Waals surface area contributed by atoms with Crippen LogP contribution in [0, 0.1) is 0 Å². The molecule has 1 heterocycles. The molecule has 1 amide bonds. The highest BCUT2D eigenvalue weighted by molar-refractivity contribution is 6.31. The molecule has 5 heteroatoms. The van der Waals surface area contributed by atoms with Crippen molar-refractivity contribution in [3.05, 3.63) is 23.5 Å². The van der Waals surface area contributed by atoms with Crippen LogP contribution in [0.3, 0.4) is 0 Å². The molecule has 1 aromatic heterocycles. The Balaban J connectivity index is 2.54. The molecule has 13 heavy (non-hydrogen) atoms. The largest absolute Gasteiger partial charge is 0.295 e. The maximum atomic E-state index is 10.9. The summed E-state index contributed by atoms with van der Waals surface area (Å²) < 4.78 is 0. The number of nitrogens with one attached hydrogen (secondary N) is 2. The van der Waals surface area contributed by atoms with Crippen molar-refractivity contribution in [3.8, 4) is 0 Å². The Bertz CT molecular complexity index is 303. The van der Waals surface area contributed by atoms with E-state index in [1.165, 1.54) is 0 Å². The van der Waals surface area contributed by atoms with Gasteiger partial charge >= 0.3 is 0 Å². The second-order valence-electron chi connectivity index (χ2n) is 2.37. The van der Waals surface area contributed by atoms with Gasteiger partial charge in [0, 0.05) is 12.6 Å². The number of hydrazine groups is 1. The molecule has 0 aromatic carbocycles. The molecule has 0 spiro atoms. The van der Waals surface area contributed by atoms with E-state index >= 15 is 0 Å². The fraction of sp³-hybridized carbons (Fsp3) is 0.250. The minimum Gasteiger partial charge on any atom is -0.295 e. The van der Waals surface area contributed by atoms with Crippen LogP contribution in [0.15, 0.2) is 18.3 Å². The molecule has 0 unspecified atom stereocenters. The van der Waals surface area contributed by atoms with Gasteiger partial charge in [0.1, 0.15) is 0 Å². The fourth-order valence-corrected chi connectivity index (χ4v) is 0.871. The molecule has 0 aliphatic rings. The van der Waals surface area contributed by atoms with Crippen molar-refractivity contribution in [1.29, 1.82) is 0 Å². The second-order valence-corrected chi connectivity index (χ2v) is 2.73. The van der Waals surface area contributed by atoms with Gasteiger partial charge < -0.3 is 0 Å². The highest BCUT2D eigenvalue weighted by Crippen LogP contribution is 2.15. The van der Waals surface area contributed by atoms with Crippen molar-refractivity contribution in [2.24, 2.45) is 0 Å². The summed E-state index contributed by atoms with van der Waals surface area (Å²) in [5, 5.41) is 0.332. The number of halogens is 1. The molecule has 0 fully saturated rings. The predicted molar refractivity (Wildman–Crippen MR) is 51.3 cm³/mol. The third-order valence-corrected chi connectivity index (χ3v) is 1.72. The first-order chi connectivity index (χ1) is 6.24. The fourth-order valence-electron chi connectivity index (χ4n) is 0.705. The van der Waals surface area contributed by atoms with Crippen LogP contribution in [0.2, 0.25) is 5.15 Å². The first-order valence-electron chi connectivity index (χ1n) is 3.89. The second kappa shape index (κ2) is 4.67. The van der Waals surface area contributed by atoms with Crippen LogP contribution in [-0.2, 0) is 4.79 Å². The summed E-state index contributed by atoms with van der Waals surface area (Å²) in [6.07, 6.45) is 2.00. The summed E-state index contributed by atoms with van der Waals surface area (Å²) >= 11 is 5.73. The zero-order chi connectivity index (χ0) is 9.68. The van der Waals surface area contributed by atoms with E-state index in [9.17, 15) is 4.79 Å². The number of hydrogen-bond donors (Lipinski definition) is 2. The van der Waals surface area contributed by atoms with Crippen molar-refractivity contribution >= 4 is 23.2 Å². The predicted octanol–water partition coefficient (Wildman–Crippen LogP) is 1.59. The molecule has 0 aliphatic heterocycles. The number of anilines is 1. The van der Waals surface area contributed by atoms with Crippen LogP contribution in [-0.4, -0.2) is 10.9 Å². The van der Waals surface area contributed by atoms with Gasteiger partial charge in [-0.3, -0.25) is 15.6 Å². The molecule has 0 saturated carbocycles. The van der Waals surface area contributed by atoms with Crippen molar-refractivity contribution in [3.63, 3.8) is 0 Å². The summed E-state index contributed by atoms with van der Waals surface area (Å²) in [4.78, 5) is 14.7. The Morgan fingerprint density at radius 3 is 3.08 bits per heavy atom. The zero-order valence-corrected chi connectivity index (χ0v) is 7.93. The first kappa shape index (κ1) is 9.80. The number of pyridine rings is 1. The highest BCUT2D eigenvalue weighted by atomic mass is 35.5. The summed E-state index contributed by atoms with van der Waals surface area (Å²) in [6, 6.07) is 3.46. The lowest BCUT2D eigenvalue weighted by Gasteiger charge is -2.07. The quantitative estimate of drug-likeness (QED) is 0.574. The molecule has 0 atom stereocenters. The van der Waals surface area contributed by atoms with Crippen LogP contribution >= 0.6 is 11.6 Å². The van der Waals surface area contributed by atoms with Gasteiger partial charge in [-0.15, -0.1) is 0 Å². The van der Waals surface area contributed by atoms with E-state index in [4.69, 9.17) is 11.6 Å². The molecule has 1 aromatic rings. The number of amides is 1. The number of carbonyl (C=O) groups excluding carboxylic acids is 1. The van der Waals surface area contributed by atoms with Gasteiger partial charge in [-0.25, -0.2) is 4.98 Å². The summed E-state index contributed by atoms with van der Waals surface area (Å²) in [7, 11) is 0. The van der Waals surface area contributed by atoms with Gasteiger partial charge in [0.25, 0.3) is 0 Å². The third kappa shape index (κ3) is 2.91. The molecule has 0 radical (unpaired) electrons. The SMILES string of the molecule is CCC(=O)NNc1cccnc1Cl. The maximum absolute atomic E-state index is 10.9. The molecule has 1 rings (SSSR count). The van der Waals surface area contributed by atoms with Crippen molar-refractivity contribution in [1.82, 2.24) is 10.4 Å². The van der Waals surface area contributed by atoms with Crippen molar-refractivity contribution in [2.75, 3.05) is 5.43 Å². The van der Waals surface area contributed by atoms with E-state index in [-0.39, 0.29) is 5.91 Å². The molecular formula is C8H10ClN3O. The van der Waals surface area contributed by atoms with Crippen molar-refractivity contribution in [2.45, 2.75) is 13.3 Å². The van der Waals surface area contributed by atoms with E-state index in [0.29, 0.717) is 17.3 Å². The van der Waals surface area contributed by atoms with E-state index in [1.54, 1.807) is 25.3 Å². The lowest BCUT2D eigenvalue weighted by atomic mass is 10.4. The van der Waals surface area contributed by atoms with E-state index in [0.717, 1.165) is 0 Å². The molecule has 0 aliphatic carbocycles. The Kier molecular flexibility index (Phi) is 3.52. The average molecular weight is 200 g/mol. The summed E-state index contributed by atoms with van der Waals surface area (Å²) in [6.45, 7) is 1.77. The van der Waals surface area contributed by atoms with Gasteiger partial charge in [0.2, 0.25) is 5.91 Å². The number of rotatable bonds is 3. The summed E-state index contributed by atoms with van der Waals surface area (Å²) in [5.41, 5.74) is 5.73. The van der Waals surface area contributed by atoms with Gasteiger partial charge in [-0.05, 0) is 12.1 Å². The Hall–Kier alpha value is -1.29. The first-order valence-corrected chi connectivity index (χ1v) is 4.27. The minimum atomic E-state index is -0.0973. The molecule has 0 saturated heterocycles. The standard InChI is InChI=1S/C8H10ClN3O/c1-2-7(13)12-11-6-4-3-5-10-8(6)9/h3-5,11H,2H2,1H3,(H,12,13). The lowest BCUT2D eigenvalue weighted by molar-refractivity contribution is -0.120. The third-order valence-electron chi connectivity index (χ3n) is 1.42. The van der Waals surface area contributed by atoms with Crippen LogP contribution in [0.25, 0.3) is 0 Å². The molecule has 4 nitrogen and oxygen atoms in total. The monoisotopic (exact) mass is 199 g/mol. The normalized spacial score (nSPS) is 9.38. The average Bonchev–Trinajstić information content (AvgIpc) is 2.16. The molecule has 2 N–H and O–H groups in total. The highest BCUT2D eigenvalue weighted by Gasteiger charge is 2.00. The van der Waals surface area contributed by atoms with Gasteiger partial charge in [-0.1, -0.05) is 18.5 Å². The number of hydrogen-bond acceptors (Lipinski definition) is 3. The van der Waals surface area contributed by atoms with Crippen LogP contribution in [0.5, 0.6) is 0 Å². The Morgan fingerprint density at radius 2 is 2.46 bits per heavy atom. The van der Waals surface area contributed by atoms with Gasteiger partial charge in [0.05, 0.1) is 5.69 Å². The smallest absolute Gasteiger partial charge is 0.238 e. The van der Waals surface area contributed by atoms with Crippen LogP contribution in [0.4, 0.5) is 5.69 Å².